The van der Waals surface area contributed by atoms with Crippen LogP contribution in [0.2, 0.25) is 0 Å². The summed E-state index contributed by atoms with van der Waals surface area (Å²) in [5.41, 5.74) is 3.21. The first kappa shape index (κ1) is 17.8. The van der Waals surface area contributed by atoms with Crippen molar-refractivity contribution in [2.24, 2.45) is 5.10 Å². The second-order valence-corrected chi connectivity index (χ2v) is 7.06. The van der Waals surface area contributed by atoms with Gasteiger partial charge in [-0.3, -0.25) is 4.79 Å². The minimum absolute atomic E-state index is 0.0378. The van der Waals surface area contributed by atoms with Crippen LogP contribution in [0.25, 0.3) is 0 Å². The number of carbonyl (C=O) groups excluding carboxylic acids is 1. The number of rotatable bonds is 6. The zero-order valence-electron chi connectivity index (χ0n) is 13.4. The molecular formula is C17H19N3O3S. The molecule has 2 N–H and O–H groups in total. The summed E-state index contributed by atoms with van der Waals surface area (Å²) >= 11 is 0. The maximum Gasteiger partial charge on any atom is 0.272 e. The Labute approximate surface area is 141 Å². The van der Waals surface area contributed by atoms with Crippen LogP contribution in [0.1, 0.15) is 29.8 Å². The van der Waals surface area contributed by atoms with E-state index in [1.54, 1.807) is 26.0 Å². The van der Waals surface area contributed by atoms with Crippen molar-refractivity contribution in [3.05, 3.63) is 65.7 Å². The van der Waals surface area contributed by atoms with Gasteiger partial charge in [0.05, 0.1) is 16.7 Å². The Hall–Kier alpha value is -2.51. The number of benzene rings is 2. The fraction of sp³-hybridized carbons (Fsp3) is 0.176. The van der Waals surface area contributed by atoms with Crippen LogP contribution in [0.3, 0.4) is 0 Å². The monoisotopic (exact) mass is 345 g/mol. The van der Waals surface area contributed by atoms with Crippen molar-refractivity contribution < 1.29 is 13.2 Å². The van der Waals surface area contributed by atoms with Crippen LogP contribution in [0, 0.1) is 0 Å². The second kappa shape index (κ2) is 7.85. The minimum Gasteiger partial charge on any atom is -0.267 e. The van der Waals surface area contributed by atoms with Crippen LogP contribution in [-0.4, -0.2) is 26.6 Å². The van der Waals surface area contributed by atoms with Gasteiger partial charge in [-0.25, -0.2) is 18.6 Å². The van der Waals surface area contributed by atoms with Crippen LogP contribution in [0.4, 0.5) is 0 Å². The third kappa shape index (κ3) is 4.74. The molecule has 0 atom stereocenters. The molecule has 0 bridgehead atoms. The standard InChI is InChI=1S/C17H19N3O3S/c1-13(2)20-24(22,23)16-11-7-6-10-15(16)17(21)19-18-12-14-8-4-3-5-9-14/h3-13,20H,1-2H3,(H,19,21)/b18-12+. The number of hydrogen-bond donors (Lipinski definition) is 2. The fourth-order valence-electron chi connectivity index (χ4n) is 2.03. The third-order valence-corrected chi connectivity index (χ3v) is 4.71. The molecule has 0 aliphatic heterocycles. The number of carbonyl (C=O) groups is 1. The number of sulfonamides is 1. The summed E-state index contributed by atoms with van der Waals surface area (Å²) in [6, 6.07) is 15.0. The lowest BCUT2D eigenvalue weighted by atomic mass is 10.2. The van der Waals surface area contributed by atoms with E-state index in [-0.39, 0.29) is 16.5 Å². The predicted octanol–water partition coefficient (Wildman–Crippen LogP) is 2.14. The highest BCUT2D eigenvalue weighted by Gasteiger charge is 2.22. The lowest BCUT2D eigenvalue weighted by Crippen LogP contribution is -2.32. The maximum atomic E-state index is 12.3. The molecule has 0 saturated heterocycles. The number of amides is 1. The molecule has 2 rings (SSSR count). The SMILES string of the molecule is CC(C)NS(=O)(=O)c1ccccc1C(=O)N/N=C/c1ccccc1. The molecule has 1 amide bonds. The van der Waals surface area contributed by atoms with Crippen molar-refractivity contribution in [1.29, 1.82) is 0 Å². The van der Waals surface area contributed by atoms with E-state index in [9.17, 15) is 13.2 Å². The van der Waals surface area contributed by atoms with Gasteiger partial charge in [0, 0.05) is 6.04 Å². The lowest BCUT2D eigenvalue weighted by molar-refractivity contribution is 0.0952. The summed E-state index contributed by atoms with van der Waals surface area (Å²) in [7, 11) is -3.78. The average molecular weight is 345 g/mol. The normalized spacial score (nSPS) is 11.8. The van der Waals surface area contributed by atoms with Gasteiger partial charge in [-0.2, -0.15) is 5.10 Å². The molecule has 7 heteroatoms. The van der Waals surface area contributed by atoms with Crippen LogP contribution in [0.5, 0.6) is 0 Å². The van der Waals surface area contributed by atoms with Crippen molar-refractivity contribution >= 4 is 22.1 Å². The summed E-state index contributed by atoms with van der Waals surface area (Å²) in [5, 5.41) is 3.86. The van der Waals surface area contributed by atoms with Crippen LogP contribution in [0.15, 0.2) is 64.6 Å². The molecule has 2 aromatic carbocycles. The fourth-order valence-corrected chi connectivity index (χ4v) is 3.48. The molecule has 6 nitrogen and oxygen atoms in total. The molecule has 0 saturated carbocycles. The van der Waals surface area contributed by atoms with E-state index >= 15 is 0 Å². The van der Waals surface area contributed by atoms with Gasteiger partial charge < -0.3 is 0 Å². The molecule has 0 spiro atoms. The molecular weight excluding hydrogens is 326 g/mol. The summed E-state index contributed by atoms with van der Waals surface area (Å²) in [5.74, 6) is -0.591. The minimum atomic E-state index is -3.78. The molecule has 0 heterocycles. The Morgan fingerprint density at radius 2 is 1.67 bits per heavy atom. The molecule has 0 fully saturated rings. The lowest BCUT2D eigenvalue weighted by Gasteiger charge is -2.12. The van der Waals surface area contributed by atoms with Gasteiger partial charge in [0.15, 0.2) is 0 Å². The van der Waals surface area contributed by atoms with Crippen LogP contribution in [-0.2, 0) is 10.0 Å². The van der Waals surface area contributed by atoms with Gasteiger partial charge in [0.1, 0.15) is 0 Å². The predicted molar refractivity (Wildman–Crippen MR) is 93.4 cm³/mol. The third-order valence-electron chi connectivity index (χ3n) is 2.99. The van der Waals surface area contributed by atoms with Crippen LogP contribution >= 0.6 is 0 Å². The first-order valence-corrected chi connectivity index (χ1v) is 8.88. The van der Waals surface area contributed by atoms with Crippen molar-refractivity contribution in [2.45, 2.75) is 24.8 Å². The molecule has 24 heavy (non-hydrogen) atoms. The Balaban J connectivity index is 2.20. The van der Waals surface area contributed by atoms with Crippen molar-refractivity contribution in [3.8, 4) is 0 Å². The quantitative estimate of drug-likeness (QED) is 0.621. The Bertz CT molecular complexity index is 831. The number of hydrogen-bond acceptors (Lipinski definition) is 4. The molecule has 0 radical (unpaired) electrons. The van der Waals surface area contributed by atoms with E-state index in [1.807, 2.05) is 30.3 Å². The molecule has 0 unspecified atom stereocenters. The van der Waals surface area contributed by atoms with E-state index in [4.69, 9.17) is 0 Å². The van der Waals surface area contributed by atoms with E-state index in [0.717, 1.165) is 5.56 Å². The summed E-state index contributed by atoms with van der Waals surface area (Å²) in [6.07, 6.45) is 1.49. The average Bonchev–Trinajstić information content (AvgIpc) is 2.54. The van der Waals surface area contributed by atoms with Gasteiger partial charge >= 0.3 is 0 Å². The Morgan fingerprint density at radius 1 is 1.04 bits per heavy atom. The summed E-state index contributed by atoms with van der Waals surface area (Å²) < 4.78 is 27.1. The van der Waals surface area contributed by atoms with Gasteiger partial charge in [-0.05, 0) is 31.5 Å². The molecule has 0 aromatic heterocycles. The van der Waals surface area contributed by atoms with Crippen molar-refractivity contribution in [2.75, 3.05) is 0 Å². The Morgan fingerprint density at radius 3 is 2.33 bits per heavy atom. The molecule has 0 aliphatic rings. The summed E-state index contributed by atoms with van der Waals surface area (Å²) in [6.45, 7) is 3.43. The number of hydrazone groups is 1. The van der Waals surface area contributed by atoms with E-state index in [2.05, 4.69) is 15.2 Å². The first-order valence-electron chi connectivity index (χ1n) is 7.40. The van der Waals surface area contributed by atoms with Crippen LogP contribution < -0.4 is 10.1 Å². The topological polar surface area (TPSA) is 87.6 Å². The van der Waals surface area contributed by atoms with Gasteiger partial charge in [-0.1, -0.05) is 42.5 Å². The van der Waals surface area contributed by atoms with E-state index in [0.29, 0.717) is 0 Å². The summed E-state index contributed by atoms with van der Waals surface area (Å²) in [4.78, 5) is 12.2. The zero-order valence-corrected chi connectivity index (χ0v) is 14.2. The molecule has 126 valence electrons. The van der Waals surface area contributed by atoms with Gasteiger partial charge in [-0.15, -0.1) is 0 Å². The number of nitrogens with zero attached hydrogens (tertiary/aromatic N) is 1. The molecule has 0 aliphatic carbocycles. The highest BCUT2D eigenvalue weighted by atomic mass is 32.2. The van der Waals surface area contributed by atoms with Gasteiger partial charge in [0.25, 0.3) is 5.91 Å². The number of nitrogens with one attached hydrogen (secondary N) is 2. The van der Waals surface area contributed by atoms with Gasteiger partial charge in [0.2, 0.25) is 10.0 Å². The largest absolute Gasteiger partial charge is 0.272 e. The highest BCUT2D eigenvalue weighted by Crippen LogP contribution is 2.15. The second-order valence-electron chi connectivity index (χ2n) is 5.38. The van der Waals surface area contributed by atoms with Crippen molar-refractivity contribution in [3.63, 3.8) is 0 Å². The maximum absolute atomic E-state index is 12.3. The zero-order chi connectivity index (χ0) is 17.6. The van der Waals surface area contributed by atoms with E-state index in [1.165, 1.54) is 18.3 Å². The molecule has 2 aromatic rings. The smallest absolute Gasteiger partial charge is 0.267 e. The first-order chi connectivity index (χ1) is 11.4. The van der Waals surface area contributed by atoms with E-state index < -0.39 is 15.9 Å². The van der Waals surface area contributed by atoms with Crippen molar-refractivity contribution in [1.82, 2.24) is 10.1 Å². The Kier molecular flexibility index (Phi) is 5.83. The highest BCUT2D eigenvalue weighted by molar-refractivity contribution is 7.89.